The number of hydrogen-bond acceptors (Lipinski definition) is 6. The first-order valence-electron chi connectivity index (χ1n) is 9.21. The van der Waals surface area contributed by atoms with E-state index in [1.807, 2.05) is 37.3 Å². The summed E-state index contributed by atoms with van der Waals surface area (Å²) >= 11 is 1.42. The van der Waals surface area contributed by atoms with Crippen LogP contribution in [0.2, 0.25) is 0 Å². The molecule has 1 amide bonds. The number of hydrogen-bond donors (Lipinski definition) is 3. The molecule has 2 aromatic heterocycles. The van der Waals surface area contributed by atoms with Gasteiger partial charge in [0.1, 0.15) is 11.4 Å². The second-order valence-electron chi connectivity index (χ2n) is 7.03. The molecule has 0 aliphatic rings. The Morgan fingerprint density at radius 1 is 1.29 bits per heavy atom. The van der Waals surface area contributed by atoms with Gasteiger partial charge in [0.25, 0.3) is 5.19 Å². The van der Waals surface area contributed by atoms with E-state index < -0.39 is 0 Å². The van der Waals surface area contributed by atoms with Gasteiger partial charge < -0.3 is 15.4 Å². The maximum Gasteiger partial charge on any atom is 0.279 e. The third-order valence-electron chi connectivity index (χ3n) is 3.97. The van der Waals surface area contributed by atoms with Crippen molar-refractivity contribution in [3.63, 3.8) is 0 Å². The van der Waals surface area contributed by atoms with Crippen molar-refractivity contribution in [3.05, 3.63) is 42.2 Å². The summed E-state index contributed by atoms with van der Waals surface area (Å²) in [5.74, 6) is 1.22. The van der Waals surface area contributed by atoms with Crippen LogP contribution in [0.4, 0.5) is 5.69 Å². The molecule has 8 heteroatoms. The van der Waals surface area contributed by atoms with Crippen molar-refractivity contribution in [3.8, 4) is 21.5 Å². The van der Waals surface area contributed by atoms with Crippen LogP contribution >= 0.6 is 11.3 Å². The number of carbonyl (C=O) groups is 1. The van der Waals surface area contributed by atoms with Gasteiger partial charge in [0.05, 0.1) is 22.8 Å². The molecule has 0 fully saturated rings. The molecule has 1 aromatic carbocycles. The van der Waals surface area contributed by atoms with Crippen molar-refractivity contribution in [1.29, 1.82) is 0 Å². The Bertz CT molecular complexity index is 934. The lowest BCUT2D eigenvalue weighted by molar-refractivity contribution is -0.119. The van der Waals surface area contributed by atoms with E-state index in [4.69, 9.17) is 4.74 Å². The SMILES string of the molecule is CC(=O)NC(C)c1cc(-c2cnc(Oc3cccc(NCC(C)C)c3)s2)n[nH]1. The molecule has 0 saturated carbocycles. The van der Waals surface area contributed by atoms with Gasteiger partial charge in [-0.05, 0) is 31.0 Å². The minimum atomic E-state index is -0.136. The van der Waals surface area contributed by atoms with Gasteiger partial charge in [-0.2, -0.15) is 5.10 Å². The highest BCUT2D eigenvalue weighted by molar-refractivity contribution is 7.16. The number of rotatable bonds is 8. The predicted octanol–water partition coefficient (Wildman–Crippen LogP) is 4.59. The second-order valence-corrected chi connectivity index (χ2v) is 8.02. The lowest BCUT2D eigenvalue weighted by Gasteiger charge is -2.10. The van der Waals surface area contributed by atoms with Gasteiger partial charge in [0.15, 0.2) is 0 Å². The Balaban J connectivity index is 1.67. The molecule has 1 atom stereocenters. The van der Waals surface area contributed by atoms with E-state index in [0.29, 0.717) is 11.1 Å². The smallest absolute Gasteiger partial charge is 0.279 e. The summed E-state index contributed by atoms with van der Waals surface area (Å²) in [5, 5.41) is 14.1. The van der Waals surface area contributed by atoms with E-state index in [0.717, 1.165) is 34.2 Å². The fourth-order valence-electron chi connectivity index (χ4n) is 2.58. The van der Waals surface area contributed by atoms with Crippen molar-refractivity contribution in [2.24, 2.45) is 5.92 Å². The van der Waals surface area contributed by atoms with E-state index in [9.17, 15) is 4.79 Å². The van der Waals surface area contributed by atoms with E-state index in [-0.39, 0.29) is 11.9 Å². The first kappa shape index (κ1) is 19.9. The Labute approximate surface area is 168 Å². The van der Waals surface area contributed by atoms with Crippen LogP contribution in [0, 0.1) is 5.92 Å². The van der Waals surface area contributed by atoms with Crippen molar-refractivity contribution in [2.75, 3.05) is 11.9 Å². The summed E-state index contributed by atoms with van der Waals surface area (Å²) in [6, 6.07) is 9.62. The highest BCUT2D eigenvalue weighted by atomic mass is 32.1. The zero-order chi connectivity index (χ0) is 20.1. The Kier molecular flexibility index (Phi) is 6.30. The minimum Gasteiger partial charge on any atom is -0.431 e. The molecule has 3 N–H and O–H groups in total. The molecule has 3 aromatic rings. The Morgan fingerprint density at radius 2 is 2.11 bits per heavy atom. The van der Waals surface area contributed by atoms with Crippen LogP contribution in [0.1, 0.15) is 39.4 Å². The molecular weight excluding hydrogens is 374 g/mol. The van der Waals surface area contributed by atoms with E-state index in [1.165, 1.54) is 18.3 Å². The second kappa shape index (κ2) is 8.88. The molecule has 0 aliphatic heterocycles. The fraction of sp³-hybridized carbons (Fsp3) is 0.350. The third-order valence-corrected chi connectivity index (χ3v) is 4.87. The standard InChI is InChI=1S/C20H25N5O2S/c1-12(2)10-21-15-6-5-7-16(8-15)27-20-22-11-19(28-20)18-9-17(24-25-18)13(3)23-14(4)26/h5-9,11-13,21H,10H2,1-4H3,(H,23,26)(H,24,25). The van der Waals surface area contributed by atoms with Gasteiger partial charge in [0, 0.05) is 25.2 Å². The Hall–Kier alpha value is -2.87. The normalized spacial score (nSPS) is 12.0. The number of benzene rings is 1. The number of aromatic nitrogens is 3. The third kappa shape index (κ3) is 5.32. The number of carbonyl (C=O) groups excluding carboxylic acids is 1. The quantitative estimate of drug-likeness (QED) is 0.515. The first-order valence-corrected chi connectivity index (χ1v) is 10.0. The summed E-state index contributed by atoms with van der Waals surface area (Å²) < 4.78 is 5.91. The summed E-state index contributed by atoms with van der Waals surface area (Å²) in [6.07, 6.45) is 1.74. The van der Waals surface area contributed by atoms with Gasteiger partial charge in [-0.15, -0.1) is 0 Å². The number of H-pyrrole nitrogens is 1. The number of amides is 1. The van der Waals surface area contributed by atoms with E-state index in [1.54, 1.807) is 6.20 Å². The maximum absolute atomic E-state index is 11.2. The highest BCUT2D eigenvalue weighted by Crippen LogP contribution is 2.33. The van der Waals surface area contributed by atoms with Crippen LogP contribution in [0.3, 0.4) is 0 Å². The number of aromatic amines is 1. The number of thiazole rings is 1. The molecule has 0 spiro atoms. The number of nitrogens with zero attached hydrogens (tertiary/aromatic N) is 2. The molecule has 0 aliphatic carbocycles. The summed E-state index contributed by atoms with van der Waals surface area (Å²) in [7, 11) is 0. The van der Waals surface area contributed by atoms with Crippen LogP contribution in [0.5, 0.6) is 10.9 Å². The van der Waals surface area contributed by atoms with Gasteiger partial charge in [-0.1, -0.05) is 31.3 Å². The van der Waals surface area contributed by atoms with Crippen molar-refractivity contribution < 1.29 is 9.53 Å². The van der Waals surface area contributed by atoms with Crippen LogP contribution in [-0.4, -0.2) is 27.6 Å². The molecule has 0 saturated heterocycles. The van der Waals surface area contributed by atoms with Gasteiger partial charge in [0.2, 0.25) is 5.91 Å². The van der Waals surface area contributed by atoms with Crippen LogP contribution in [0.15, 0.2) is 36.5 Å². The van der Waals surface area contributed by atoms with E-state index >= 15 is 0 Å². The fourth-order valence-corrected chi connectivity index (χ4v) is 3.33. The largest absolute Gasteiger partial charge is 0.431 e. The molecule has 148 valence electrons. The molecular formula is C20H25N5O2S. The zero-order valence-electron chi connectivity index (χ0n) is 16.4. The predicted molar refractivity (Wildman–Crippen MR) is 112 cm³/mol. The van der Waals surface area contributed by atoms with Gasteiger partial charge in [-0.25, -0.2) is 4.98 Å². The molecule has 0 radical (unpaired) electrons. The minimum absolute atomic E-state index is 0.0813. The average molecular weight is 400 g/mol. The topological polar surface area (TPSA) is 91.9 Å². The number of nitrogens with one attached hydrogen (secondary N) is 3. The van der Waals surface area contributed by atoms with Crippen LogP contribution in [-0.2, 0) is 4.79 Å². The van der Waals surface area contributed by atoms with Crippen LogP contribution < -0.4 is 15.4 Å². The summed E-state index contributed by atoms with van der Waals surface area (Å²) in [6.45, 7) is 8.64. The van der Waals surface area contributed by atoms with Gasteiger partial charge in [-0.3, -0.25) is 9.89 Å². The van der Waals surface area contributed by atoms with Crippen molar-refractivity contribution >= 4 is 22.9 Å². The van der Waals surface area contributed by atoms with Crippen molar-refractivity contribution in [2.45, 2.75) is 33.7 Å². The van der Waals surface area contributed by atoms with Crippen molar-refractivity contribution in [1.82, 2.24) is 20.5 Å². The molecule has 28 heavy (non-hydrogen) atoms. The summed E-state index contributed by atoms with van der Waals surface area (Å²) in [5.41, 5.74) is 2.63. The Morgan fingerprint density at radius 3 is 2.86 bits per heavy atom. The molecule has 0 bridgehead atoms. The summed E-state index contributed by atoms with van der Waals surface area (Å²) in [4.78, 5) is 16.4. The highest BCUT2D eigenvalue weighted by Gasteiger charge is 2.14. The molecule has 7 nitrogen and oxygen atoms in total. The monoisotopic (exact) mass is 399 g/mol. The maximum atomic E-state index is 11.2. The average Bonchev–Trinajstić information content (AvgIpc) is 3.29. The number of anilines is 1. The molecule has 2 heterocycles. The lowest BCUT2D eigenvalue weighted by atomic mass is 10.2. The van der Waals surface area contributed by atoms with E-state index in [2.05, 4.69) is 39.7 Å². The molecule has 3 rings (SSSR count). The van der Waals surface area contributed by atoms with Crippen LogP contribution in [0.25, 0.3) is 10.6 Å². The zero-order valence-corrected chi connectivity index (χ0v) is 17.3. The number of ether oxygens (including phenoxy) is 1. The lowest BCUT2D eigenvalue weighted by Crippen LogP contribution is -2.23. The first-order chi connectivity index (χ1) is 13.4. The van der Waals surface area contributed by atoms with Gasteiger partial charge >= 0.3 is 0 Å². The molecule has 1 unspecified atom stereocenters.